The van der Waals surface area contributed by atoms with Crippen molar-refractivity contribution in [3.8, 4) is 11.5 Å². The number of hydrogen-bond donors (Lipinski definition) is 3. The fraction of sp³-hybridized carbons (Fsp3) is 0.167. The Balaban J connectivity index is 1.28. The van der Waals surface area contributed by atoms with Crippen molar-refractivity contribution in [2.75, 3.05) is 13.2 Å². The molecule has 31 heavy (non-hydrogen) atoms. The Morgan fingerprint density at radius 1 is 1.03 bits per heavy atom. The number of para-hydroxylation sites is 2. The molecule has 1 aromatic heterocycles. The maximum absolute atomic E-state index is 12.8. The summed E-state index contributed by atoms with van der Waals surface area (Å²) >= 11 is 0. The van der Waals surface area contributed by atoms with E-state index in [-0.39, 0.29) is 18.2 Å². The fourth-order valence-electron chi connectivity index (χ4n) is 3.69. The summed E-state index contributed by atoms with van der Waals surface area (Å²) in [7, 11) is 0. The van der Waals surface area contributed by atoms with Gasteiger partial charge in [-0.1, -0.05) is 48.5 Å². The van der Waals surface area contributed by atoms with Crippen LogP contribution < -0.4 is 20.1 Å². The van der Waals surface area contributed by atoms with Gasteiger partial charge in [0, 0.05) is 0 Å². The minimum absolute atomic E-state index is 0.253. The molecular weight excluding hydrogens is 392 g/mol. The quantitative estimate of drug-likeness (QED) is 0.464. The van der Waals surface area contributed by atoms with Crippen LogP contribution in [-0.2, 0) is 0 Å². The first-order valence-corrected chi connectivity index (χ1v) is 10.2. The molecule has 2 atom stereocenters. The summed E-state index contributed by atoms with van der Waals surface area (Å²) in [6, 6.07) is 22.7. The molecule has 2 amide bonds. The van der Waals surface area contributed by atoms with Crippen LogP contribution in [0.3, 0.4) is 0 Å². The van der Waals surface area contributed by atoms with E-state index in [0.717, 1.165) is 27.9 Å². The van der Waals surface area contributed by atoms with E-state index >= 15 is 0 Å². The SMILES string of the molecule is O=C(NC[C@H]1COc2ccccc2O1)N[C@H](c1ccccc1)c1ccc2nc[nH]c2c1. The number of carbonyl (C=O) groups is 1. The molecule has 0 spiro atoms. The number of H-pyrrole nitrogens is 1. The van der Waals surface area contributed by atoms with Crippen molar-refractivity contribution in [3.63, 3.8) is 0 Å². The van der Waals surface area contributed by atoms with Gasteiger partial charge in [0.2, 0.25) is 0 Å². The molecular formula is C24H22N4O3. The van der Waals surface area contributed by atoms with E-state index in [4.69, 9.17) is 9.47 Å². The predicted octanol–water partition coefficient (Wildman–Crippen LogP) is 3.79. The van der Waals surface area contributed by atoms with Gasteiger partial charge in [0.15, 0.2) is 17.6 Å². The maximum Gasteiger partial charge on any atom is 0.315 e. The Kier molecular flexibility index (Phi) is 5.14. The van der Waals surface area contributed by atoms with E-state index in [9.17, 15) is 4.79 Å². The first-order chi connectivity index (χ1) is 15.3. The number of hydrogen-bond acceptors (Lipinski definition) is 4. The largest absolute Gasteiger partial charge is 0.486 e. The molecule has 0 fully saturated rings. The first-order valence-electron chi connectivity index (χ1n) is 10.2. The van der Waals surface area contributed by atoms with Crippen LogP contribution in [0.15, 0.2) is 79.1 Å². The van der Waals surface area contributed by atoms with Crippen molar-refractivity contribution in [3.05, 3.63) is 90.3 Å². The highest BCUT2D eigenvalue weighted by Gasteiger charge is 2.22. The van der Waals surface area contributed by atoms with Gasteiger partial charge in [-0.05, 0) is 35.4 Å². The van der Waals surface area contributed by atoms with Gasteiger partial charge in [0.05, 0.1) is 29.9 Å². The second kappa shape index (κ2) is 8.39. The van der Waals surface area contributed by atoms with Gasteiger partial charge in [-0.3, -0.25) is 0 Å². The maximum atomic E-state index is 12.8. The van der Waals surface area contributed by atoms with E-state index in [0.29, 0.717) is 18.9 Å². The highest BCUT2D eigenvalue weighted by Crippen LogP contribution is 2.30. The molecule has 1 aliphatic rings. The zero-order valence-corrected chi connectivity index (χ0v) is 16.7. The van der Waals surface area contributed by atoms with Gasteiger partial charge < -0.3 is 25.1 Å². The molecule has 2 heterocycles. The lowest BCUT2D eigenvalue weighted by Crippen LogP contribution is -2.45. The van der Waals surface area contributed by atoms with Crippen LogP contribution in [0.4, 0.5) is 4.79 Å². The van der Waals surface area contributed by atoms with Gasteiger partial charge in [-0.2, -0.15) is 0 Å². The van der Waals surface area contributed by atoms with Gasteiger partial charge in [0.25, 0.3) is 0 Å². The standard InChI is InChI=1S/C24H22N4O3/c29-24(25-13-18-14-30-21-8-4-5-9-22(21)31-18)28-23(16-6-2-1-3-7-16)17-10-11-19-20(12-17)27-15-26-19/h1-12,15,18,23H,13-14H2,(H,26,27)(H2,25,28,29)/t18-,23+/m0/s1. The molecule has 4 aromatic rings. The van der Waals surface area contributed by atoms with Crippen molar-refractivity contribution >= 4 is 17.1 Å². The highest BCUT2D eigenvalue weighted by atomic mass is 16.6. The predicted molar refractivity (Wildman–Crippen MR) is 117 cm³/mol. The van der Waals surface area contributed by atoms with Crippen LogP contribution in [0.25, 0.3) is 11.0 Å². The lowest BCUT2D eigenvalue weighted by atomic mass is 9.98. The molecule has 5 rings (SSSR count). The van der Waals surface area contributed by atoms with Gasteiger partial charge >= 0.3 is 6.03 Å². The Bertz CT molecular complexity index is 1190. The van der Waals surface area contributed by atoms with E-state index in [2.05, 4.69) is 20.6 Å². The second-order valence-corrected chi connectivity index (χ2v) is 7.37. The number of amides is 2. The molecule has 3 N–H and O–H groups in total. The molecule has 0 saturated heterocycles. The zero-order valence-electron chi connectivity index (χ0n) is 16.7. The van der Waals surface area contributed by atoms with Crippen LogP contribution in [0.2, 0.25) is 0 Å². The van der Waals surface area contributed by atoms with Crippen molar-refractivity contribution < 1.29 is 14.3 Å². The summed E-state index contributed by atoms with van der Waals surface area (Å²) in [5, 5.41) is 5.99. The number of imidazole rings is 1. The minimum atomic E-state index is -0.307. The Morgan fingerprint density at radius 2 is 1.84 bits per heavy atom. The number of urea groups is 1. The number of aromatic amines is 1. The molecule has 0 bridgehead atoms. The van der Waals surface area contributed by atoms with Crippen LogP contribution in [0, 0.1) is 0 Å². The van der Waals surface area contributed by atoms with Crippen LogP contribution in [0.1, 0.15) is 17.2 Å². The van der Waals surface area contributed by atoms with Gasteiger partial charge in [-0.25, -0.2) is 9.78 Å². The molecule has 7 nitrogen and oxygen atoms in total. The number of rotatable bonds is 5. The molecule has 7 heteroatoms. The summed E-state index contributed by atoms with van der Waals surface area (Å²) in [5.74, 6) is 1.41. The Hall–Kier alpha value is -4.00. The fourth-order valence-corrected chi connectivity index (χ4v) is 3.69. The number of fused-ring (bicyclic) bond motifs is 2. The lowest BCUT2D eigenvalue weighted by Gasteiger charge is -2.27. The molecule has 0 saturated carbocycles. The molecule has 0 radical (unpaired) electrons. The van der Waals surface area contributed by atoms with E-state index < -0.39 is 0 Å². The summed E-state index contributed by atoms with van der Waals surface area (Å²) in [6.07, 6.45) is 1.41. The number of carbonyl (C=O) groups excluding carboxylic acids is 1. The summed E-state index contributed by atoms with van der Waals surface area (Å²) < 4.78 is 11.6. The van der Waals surface area contributed by atoms with E-state index in [1.165, 1.54) is 0 Å². The number of nitrogens with zero attached hydrogens (tertiary/aromatic N) is 1. The Morgan fingerprint density at radius 3 is 2.71 bits per heavy atom. The Labute approximate surface area is 179 Å². The number of ether oxygens (including phenoxy) is 2. The first kappa shape index (κ1) is 19.0. The minimum Gasteiger partial charge on any atom is -0.486 e. The molecule has 3 aromatic carbocycles. The average Bonchev–Trinajstić information content (AvgIpc) is 3.29. The van der Waals surface area contributed by atoms with Crippen LogP contribution >= 0.6 is 0 Å². The summed E-state index contributed by atoms with van der Waals surface area (Å²) in [4.78, 5) is 20.2. The molecule has 156 valence electrons. The third-order valence-electron chi connectivity index (χ3n) is 5.24. The monoisotopic (exact) mass is 414 g/mol. The number of benzene rings is 3. The lowest BCUT2D eigenvalue weighted by molar-refractivity contribution is 0.0917. The topological polar surface area (TPSA) is 88.3 Å². The molecule has 1 aliphatic heterocycles. The second-order valence-electron chi connectivity index (χ2n) is 7.37. The van der Waals surface area contributed by atoms with E-state index in [1.807, 2.05) is 72.8 Å². The summed E-state index contributed by atoms with van der Waals surface area (Å²) in [6.45, 7) is 0.719. The molecule has 0 aliphatic carbocycles. The zero-order chi connectivity index (χ0) is 21.0. The van der Waals surface area contributed by atoms with Crippen molar-refractivity contribution in [2.24, 2.45) is 0 Å². The van der Waals surface area contributed by atoms with Crippen LogP contribution in [0.5, 0.6) is 11.5 Å². The third kappa shape index (κ3) is 4.16. The smallest absolute Gasteiger partial charge is 0.315 e. The van der Waals surface area contributed by atoms with Gasteiger partial charge in [0.1, 0.15) is 6.61 Å². The van der Waals surface area contributed by atoms with Crippen molar-refractivity contribution in [1.29, 1.82) is 0 Å². The molecule has 0 unspecified atom stereocenters. The highest BCUT2D eigenvalue weighted by molar-refractivity contribution is 5.77. The van der Waals surface area contributed by atoms with Crippen molar-refractivity contribution in [1.82, 2.24) is 20.6 Å². The van der Waals surface area contributed by atoms with Crippen molar-refractivity contribution in [2.45, 2.75) is 12.1 Å². The van der Waals surface area contributed by atoms with E-state index in [1.54, 1.807) is 6.33 Å². The normalized spacial score (nSPS) is 15.9. The summed E-state index contributed by atoms with van der Waals surface area (Å²) in [5.41, 5.74) is 3.76. The number of nitrogens with one attached hydrogen (secondary N) is 3. The van der Waals surface area contributed by atoms with Crippen LogP contribution in [-0.4, -0.2) is 35.3 Å². The number of aromatic nitrogens is 2. The average molecular weight is 414 g/mol. The third-order valence-corrected chi connectivity index (χ3v) is 5.24. The van der Waals surface area contributed by atoms with Gasteiger partial charge in [-0.15, -0.1) is 0 Å².